The SMILES string of the molecule is COCC(C)(C)Nc1nc(C)cn1CC(C)C. The Morgan fingerprint density at radius 2 is 2.12 bits per heavy atom. The van der Waals surface area contributed by atoms with Crippen molar-refractivity contribution in [1.29, 1.82) is 0 Å². The van der Waals surface area contributed by atoms with Crippen LogP contribution in [0.5, 0.6) is 0 Å². The molecule has 0 aromatic carbocycles. The van der Waals surface area contributed by atoms with Crippen LogP contribution < -0.4 is 5.32 Å². The molecule has 0 aliphatic rings. The van der Waals surface area contributed by atoms with Crippen LogP contribution in [-0.4, -0.2) is 28.8 Å². The largest absolute Gasteiger partial charge is 0.382 e. The maximum absolute atomic E-state index is 5.21. The summed E-state index contributed by atoms with van der Waals surface area (Å²) in [5.41, 5.74) is 0.933. The number of aryl methyl sites for hydroxylation is 1. The Morgan fingerprint density at radius 1 is 1.47 bits per heavy atom. The normalized spacial score (nSPS) is 12.2. The minimum Gasteiger partial charge on any atom is -0.382 e. The lowest BCUT2D eigenvalue weighted by atomic mass is 10.1. The molecule has 17 heavy (non-hydrogen) atoms. The smallest absolute Gasteiger partial charge is 0.203 e. The first-order valence-electron chi connectivity index (χ1n) is 6.15. The van der Waals surface area contributed by atoms with E-state index in [9.17, 15) is 0 Å². The Kier molecular flexibility index (Phi) is 4.57. The summed E-state index contributed by atoms with van der Waals surface area (Å²) in [4.78, 5) is 4.53. The van der Waals surface area contributed by atoms with Gasteiger partial charge >= 0.3 is 0 Å². The number of hydrogen-bond acceptors (Lipinski definition) is 3. The average molecular weight is 239 g/mol. The van der Waals surface area contributed by atoms with Crippen LogP contribution in [0.25, 0.3) is 0 Å². The van der Waals surface area contributed by atoms with Crippen molar-refractivity contribution in [1.82, 2.24) is 9.55 Å². The molecule has 98 valence electrons. The highest BCUT2D eigenvalue weighted by Crippen LogP contribution is 2.17. The molecule has 0 atom stereocenters. The van der Waals surface area contributed by atoms with Crippen LogP contribution >= 0.6 is 0 Å². The second kappa shape index (κ2) is 5.54. The minimum absolute atomic E-state index is 0.110. The average Bonchev–Trinajstić information content (AvgIpc) is 2.43. The van der Waals surface area contributed by atoms with Gasteiger partial charge in [0, 0.05) is 19.9 Å². The number of ether oxygens (including phenoxy) is 1. The summed E-state index contributed by atoms with van der Waals surface area (Å²) in [5, 5.41) is 3.44. The number of hydrogen-bond donors (Lipinski definition) is 1. The summed E-state index contributed by atoms with van der Waals surface area (Å²) in [6.07, 6.45) is 2.09. The summed E-state index contributed by atoms with van der Waals surface area (Å²) < 4.78 is 7.39. The van der Waals surface area contributed by atoms with Gasteiger partial charge in [0.05, 0.1) is 17.8 Å². The van der Waals surface area contributed by atoms with E-state index in [2.05, 4.69) is 48.8 Å². The third-order valence-corrected chi connectivity index (χ3v) is 2.41. The van der Waals surface area contributed by atoms with E-state index in [0.717, 1.165) is 18.2 Å². The number of nitrogens with one attached hydrogen (secondary N) is 1. The van der Waals surface area contributed by atoms with Gasteiger partial charge in [-0.05, 0) is 26.7 Å². The highest BCUT2D eigenvalue weighted by molar-refractivity contribution is 5.32. The number of aromatic nitrogens is 2. The molecule has 0 saturated carbocycles. The lowest BCUT2D eigenvalue weighted by molar-refractivity contribution is 0.157. The van der Waals surface area contributed by atoms with E-state index in [1.54, 1.807) is 7.11 Å². The minimum atomic E-state index is -0.110. The molecular formula is C13H25N3O. The van der Waals surface area contributed by atoms with Gasteiger partial charge in [0.2, 0.25) is 5.95 Å². The van der Waals surface area contributed by atoms with Crippen molar-refractivity contribution in [2.24, 2.45) is 5.92 Å². The molecule has 4 nitrogen and oxygen atoms in total. The predicted molar refractivity (Wildman–Crippen MR) is 71.4 cm³/mol. The van der Waals surface area contributed by atoms with Gasteiger partial charge in [0.1, 0.15) is 0 Å². The van der Waals surface area contributed by atoms with E-state index < -0.39 is 0 Å². The van der Waals surface area contributed by atoms with Gasteiger partial charge in [0.15, 0.2) is 0 Å². The third-order valence-electron chi connectivity index (χ3n) is 2.41. The van der Waals surface area contributed by atoms with Crippen LogP contribution in [0, 0.1) is 12.8 Å². The van der Waals surface area contributed by atoms with Crippen molar-refractivity contribution in [2.75, 3.05) is 19.0 Å². The van der Waals surface area contributed by atoms with Crippen molar-refractivity contribution in [3.05, 3.63) is 11.9 Å². The van der Waals surface area contributed by atoms with E-state index in [1.165, 1.54) is 0 Å². The van der Waals surface area contributed by atoms with E-state index in [4.69, 9.17) is 4.74 Å². The molecule has 0 aliphatic heterocycles. The molecule has 0 spiro atoms. The molecule has 0 bridgehead atoms. The summed E-state index contributed by atoms with van der Waals surface area (Å²) in [6.45, 7) is 12.3. The van der Waals surface area contributed by atoms with Crippen molar-refractivity contribution < 1.29 is 4.74 Å². The van der Waals surface area contributed by atoms with Crippen LogP contribution in [0.3, 0.4) is 0 Å². The van der Waals surface area contributed by atoms with Crippen LogP contribution in [0.4, 0.5) is 5.95 Å². The first-order chi connectivity index (χ1) is 7.84. The van der Waals surface area contributed by atoms with Gasteiger partial charge in [-0.25, -0.2) is 4.98 Å². The van der Waals surface area contributed by atoms with Gasteiger partial charge < -0.3 is 14.6 Å². The molecule has 0 unspecified atom stereocenters. The molecular weight excluding hydrogens is 214 g/mol. The summed E-state index contributed by atoms with van der Waals surface area (Å²) in [7, 11) is 1.72. The van der Waals surface area contributed by atoms with Crippen molar-refractivity contribution in [3.63, 3.8) is 0 Å². The molecule has 0 aliphatic carbocycles. The fourth-order valence-corrected chi connectivity index (χ4v) is 1.88. The van der Waals surface area contributed by atoms with Crippen LogP contribution in [-0.2, 0) is 11.3 Å². The monoisotopic (exact) mass is 239 g/mol. The van der Waals surface area contributed by atoms with Crippen molar-refractivity contribution in [3.8, 4) is 0 Å². The van der Waals surface area contributed by atoms with E-state index in [1.807, 2.05) is 6.92 Å². The Bertz CT molecular complexity index is 356. The molecule has 0 saturated heterocycles. The first kappa shape index (κ1) is 14.0. The predicted octanol–water partition coefficient (Wildman–Crippen LogP) is 2.68. The van der Waals surface area contributed by atoms with E-state index in [0.29, 0.717) is 12.5 Å². The molecule has 1 heterocycles. The third kappa shape index (κ3) is 4.38. The van der Waals surface area contributed by atoms with Crippen LogP contribution in [0.2, 0.25) is 0 Å². The van der Waals surface area contributed by atoms with Crippen LogP contribution in [0.1, 0.15) is 33.4 Å². The van der Waals surface area contributed by atoms with E-state index in [-0.39, 0.29) is 5.54 Å². The molecule has 1 aromatic rings. The number of anilines is 1. The maximum Gasteiger partial charge on any atom is 0.203 e. The summed E-state index contributed by atoms with van der Waals surface area (Å²) >= 11 is 0. The number of nitrogens with zero attached hydrogens (tertiary/aromatic N) is 2. The molecule has 0 radical (unpaired) electrons. The molecule has 1 rings (SSSR count). The van der Waals surface area contributed by atoms with Crippen molar-refractivity contribution in [2.45, 2.75) is 46.7 Å². The van der Waals surface area contributed by atoms with Gasteiger partial charge in [-0.2, -0.15) is 0 Å². The Morgan fingerprint density at radius 3 is 2.65 bits per heavy atom. The Hall–Kier alpha value is -1.03. The molecule has 0 amide bonds. The molecule has 0 fully saturated rings. The van der Waals surface area contributed by atoms with Crippen molar-refractivity contribution >= 4 is 5.95 Å². The molecule has 1 aromatic heterocycles. The van der Waals surface area contributed by atoms with Gasteiger partial charge in [0.25, 0.3) is 0 Å². The quantitative estimate of drug-likeness (QED) is 0.829. The fourth-order valence-electron chi connectivity index (χ4n) is 1.88. The van der Waals surface area contributed by atoms with Gasteiger partial charge in [-0.3, -0.25) is 0 Å². The molecule has 1 N–H and O–H groups in total. The number of imidazole rings is 1. The highest BCUT2D eigenvalue weighted by Gasteiger charge is 2.20. The van der Waals surface area contributed by atoms with Gasteiger partial charge in [-0.1, -0.05) is 13.8 Å². The standard InChI is InChI=1S/C13H25N3O/c1-10(2)7-16-8-11(3)14-12(16)15-13(4,5)9-17-6/h8,10H,7,9H2,1-6H3,(H,14,15). The summed E-state index contributed by atoms with van der Waals surface area (Å²) in [5.74, 6) is 1.54. The zero-order valence-electron chi connectivity index (χ0n) is 11.9. The molecule has 4 heteroatoms. The zero-order chi connectivity index (χ0) is 13.1. The number of rotatable bonds is 6. The lowest BCUT2D eigenvalue weighted by Gasteiger charge is -2.26. The first-order valence-corrected chi connectivity index (χ1v) is 6.15. The number of methoxy groups -OCH3 is 1. The topological polar surface area (TPSA) is 39.1 Å². The zero-order valence-corrected chi connectivity index (χ0v) is 11.9. The second-order valence-corrected chi connectivity index (χ2v) is 5.69. The maximum atomic E-state index is 5.21. The summed E-state index contributed by atoms with van der Waals surface area (Å²) in [6, 6.07) is 0. The van der Waals surface area contributed by atoms with Gasteiger partial charge in [-0.15, -0.1) is 0 Å². The Labute approximate surface area is 104 Å². The van der Waals surface area contributed by atoms with Crippen LogP contribution in [0.15, 0.2) is 6.20 Å². The highest BCUT2D eigenvalue weighted by atomic mass is 16.5. The Balaban J connectivity index is 2.82. The fraction of sp³-hybridized carbons (Fsp3) is 0.769. The second-order valence-electron chi connectivity index (χ2n) is 5.69. The van der Waals surface area contributed by atoms with E-state index >= 15 is 0 Å². The lowest BCUT2D eigenvalue weighted by Crippen LogP contribution is -2.37.